The van der Waals surface area contributed by atoms with Gasteiger partial charge in [0.25, 0.3) is 0 Å². The summed E-state index contributed by atoms with van der Waals surface area (Å²) < 4.78 is 6.63. The van der Waals surface area contributed by atoms with Crippen molar-refractivity contribution >= 4 is 5.91 Å². The molecular weight excluding hydrogens is 374 g/mol. The standard InChI is InChI=1S/C25H31N3O2/c29-24(28-13-5-6-14-28)17-20-18-25(30-23-9-2-1-8-22(20)23)10-15-27(16-11-25)19-21-7-3-4-12-26-21/h1-4,7-9,12,20H,5-6,10-11,13-19H2/t20-/m0/s1. The number of hydrogen-bond acceptors (Lipinski definition) is 4. The normalized spacial score (nSPS) is 23.2. The van der Waals surface area contributed by atoms with Crippen LogP contribution in [0.5, 0.6) is 5.75 Å². The fourth-order valence-corrected chi connectivity index (χ4v) is 5.38. The number of carbonyl (C=O) groups excluding carboxylic acids is 1. The van der Waals surface area contributed by atoms with Crippen LogP contribution in [0.1, 0.15) is 55.7 Å². The zero-order valence-corrected chi connectivity index (χ0v) is 17.6. The van der Waals surface area contributed by atoms with E-state index >= 15 is 0 Å². The van der Waals surface area contributed by atoms with Gasteiger partial charge in [0.05, 0.1) is 5.69 Å². The van der Waals surface area contributed by atoms with Crippen molar-refractivity contribution in [1.82, 2.24) is 14.8 Å². The van der Waals surface area contributed by atoms with Gasteiger partial charge in [-0.25, -0.2) is 0 Å². The average molecular weight is 406 g/mol. The Balaban J connectivity index is 1.29. The Hall–Kier alpha value is -2.40. The van der Waals surface area contributed by atoms with Crippen LogP contribution in [0.4, 0.5) is 0 Å². The molecule has 1 aromatic carbocycles. The summed E-state index contributed by atoms with van der Waals surface area (Å²) in [5, 5.41) is 0. The van der Waals surface area contributed by atoms with Gasteiger partial charge in [0.1, 0.15) is 11.4 Å². The molecule has 0 radical (unpaired) electrons. The number of fused-ring (bicyclic) bond motifs is 1. The van der Waals surface area contributed by atoms with E-state index in [2.05, 4.69) is 45.1 Å². The van der Waals surface area contributed by atoms with Crippen molar-refractivity contribution in [3.8, 4) is 5.75 Å². The number of hydrogen-bond donors (Lipinski definition) is 0. The van der Waals surface area contributed by atoms with E-state index in [1.54, 1.807) is 0 Å². The van der Waals surface area contributed by atoms with E-state index in [9.17, 15) is 4.79 Å². The number of para-hydroxylation sites is 1. The molecular formula is C25H31N3O2. The third-order valence-corrected chi connectivity index (χ3v) is 7.06. The van der Waals surface area contributed by atoms with Crippen LogP contribution in [0.2, 0.25) is 0 Å². The van der Waals surface area contributed by atoms with E-state index in [4.69, 9.17) is 4.74 Å². The van der Waals surface area contributed by atoms with Crippen LogP contribution in [0.3, 0.4) is 0 Å². The fraction of sp³-hybridized carbons (Fsp3) is 0.520. The number of nitrogens with zero attached hydrogens (tertiary/aromatic N) is 3. The number of ether oxygens (including phenoxy) is 1. The molecule has 1 spiro atoms. The highest BCUT2D eigenvalue weighted by Gasteiger charge is 2.44. The van der Waals surface area contributed by atoms with E-state index in [1.165, 1.54) is 5.56 Å². The number of piperidine rings is 1. The Morgan fingerprint density at radius 3 is 2.57 bits per heavy atom. The first-order chi connectivity index (χ1) is 14.7. The highest BCUT2D eigenvalue weighted by molar-refractivity contribution is 5.77. The Morgan fingerprint density at radius 1 is 1.03 bits per heavy atom. The lowest BCUT2D eigenvalue weighted by Crippen LogP contribution is -2.50. The molecule has 2 fully saturated rings. The number of benzene rings is 1. The van der Waals surface area contributed by atoms with E-state index < -0.39 is 0 Å². The number of likely N-dealkylation sites (tertiary alicyclic amines) is 2. The molecule has 0 saturated carbocycles. The van der Waals surface area contributed by atoms with Crippen LogP contribution in [-0.2, 0) is 11.3 Å². The van der Waals surface area contributed by atoms with Crippen molar-refractivity contribution in [3.63, 3.8) is 0 Å². The van der Waals surface area contributed by atoms with Crippen LogP contribution in [-0.4, -0.2) is 52.5 Å². The monoisotopic (exact) mass is 405 g/mol. The lowest BCUT2D eigenvalue weighted by atomic mass is 9.76. The molecule has 2 saturated heterocycles. The molecule has 0 bridgehead atoms. The van der Waals surface area contributed by atoms with E-state index in [1.807, 2.05) is 18.3 Å². The summed E-state index contributed by atoms with van der Waals surface area (Å²) in [5.74, 6) is 1.56. The molecule has 0 aliphatic carbocycles. The Bertz CT molecular complexity index is 871. The van der Waals surface area contributed by atoms with E-state index in [0.29, 0.717) is 12.3 Å². The quantitative estimate of drug-likeness (QED) is 0.771. The predicted octanol–water partition coefficient (Wildman–Crippen LogP) is 4.00. The van der Waals surface area contributed by atoms with Gasteiger partial charge in [-0.3, -0.25) is 14.7 Å². The number of amides is 1. The third kappa shape index (κ3) is 4.08. The maximum Gasteiger partial charge on any atom is 0.223 e. The third-order valence-electron chi connectivity index (χ3n) is 7.06. The SMILES string of the molecule is O=C(C[C@H]1CC2(CCN(Cc3ccccn3)CC2)Oc2ccccc21)N1CCCC1. The summed E-state index contributed by atoms with van der Waals surface area (Å²) in [5.41, 5.74) is 2.19. The Morgan fingerprint density at radius 2 is 1.80 bits per heavy atom. The molecule has 1 amide bonds. The Labute approximate surface area is 179 Å². The highest BCUT2D eigenvalue weighted by Crippen LogP contribution is 2.46. The van der Waals surface area contributed by atoms with Crippen molar-refractivity contribution in [3.05, 3.63) is 59.9 Å². The molecule has 0 unspecified atom stereocenters. The van der Waals surface area contributed by atoms with E-state index in [-0.39, 0.29) is 11.5 Å². The molecule has 30 heavy (non-hydrogen) atoms. The zero-order chi connectivity index (χ0) is 20.4. The number of aromatic nitrogens is 1. The molecule has 2 aromatic rings. The molecule has 3 aliphatic heterocycles. The van der Waals surface area contributed by atoms with Crippen LogP contribution in [0.15, 0.2) is 48.7 Å². The van der Waals surface area contributed by atoms with Crippen molar-refractivity contribution in [2.24, 2.45) is 0 Å². The first kappa shape index (κ1) is 19.6. The molecule has 158 valence electrons. The lowest BCUT2D eigenvalue weighted by Gasteiger charge is -2.47. The van der Waals surface area contributed by atoms with Gasteiger partial charge in [-0.05, 0) is 55.9 Å². The molecule has 1 aromatic heterocycles. The van der Waals surface area contributed by atoms with Crippen molar-refractivity contribution in [2.75, 3.05) is 26.2 Å². The average Bonchev–Trinajstić information content (AvgIpc) is 3.32. The minimum absolute atomic E-state index is 0.148. The van der Waals surface area contributed by atoms with E-state index in [0.717, 1.165) is 76.3 Å². The van der Waals surface area contributed by atoms with Gasteiger partial charge >= 0.3 is 0 Å². The number of rotatable bonds is 4. The first-order valence-electron chi connectivity index (χ1n) is 11.4. The van der Waals surface area contributed by atoms with Crippen LogP contribution in [0.25, 0.3) is 0 Å². The smallest absolute Gasteiger partial charge is 0.223 e. The van der Waals surface area contributed by atoms with Crippen molar-refractivity contribution in [1.29, 1.82) is 0 Å². The first-order valence-corrected chi connectivity index (χ1v) is 11.4. The predicted molar refractivity (Wildman–Crippen MR) is 116 cm³/mol. The lowest BCUT2D eigenvalue weighted by molar-refractivity contribution is -0.131. The topological polar surface area (TPSA) is 45.7 Å². The summed E-state index contributed by atoms with van der Waals surface area (Å²) in [6.07, 6.45) is 7.72. The second-order valence-electron chi connectivity index (χ2n) is 9.11. The summed E-state index contributed by atoms with van der Waals surface area (Å²) in [7, 11) is 0. The summed E-state index contributed by atoms with van der Waals surface area (Å²) in [4.78, 5) is 21.9. The summed E-state index contributed by atoms with van der Waals surface area (Å²) in [6, 6.07) is 14.5. The van der Waals surface area contributed by atoms with Crippen LogP contribution in [0, 0.1) is 0 Å². The highest BCUT2D eigenvalue weighted by atomic mass is 16.5. The number of carbonyl (C=O) groups is 1. The molecule has 5 rings (SSSR count). The molecule has 3 aliphatic rings. The molecule has 0 N–H and O–H groups in total. The van der Waals surface area contributed by atoms with Gasteiger partial charge in [0.2, 0.25) is 5.91 Å². The summed E-state index contributed by atoms with van der Waals surface area (Å²) in [6.45, 7) is 4.76. The second kappa shape index (κ2) is 8.38. The maximum absolute atomic E-state index is 12.9. The van der Waals surface area contributed by atoms with Gasteiger partial charge in [0, 0.05) is 51.3 Å². The molecule has 4 heterocycles. The number of pyridine rings is 1. The minimum atomic E-state index is -0.148. The van der Waals surface area contributed by atoms with Gasteiger partial charge in [-0.15, -0.1) is 0 Å². The van der Waals surface area contributed by atoms with Gasteiger partial charge in [-0.1, -0.05) is 24.3 Å². The van der Waals surface area contributed by atoms with Crippen molar-refractivity contribution < 1.29 is 9.53 Å². The zero-order valence-electron chi connectivity index (χ0n) is 17.6. The molecule has 1 atom stereocenters. The van der Waals surface area contributed by atoms with Crippen LogP contribution >= 0.6 is 0 Å². The molecule has 5 heteroatoms. The maximum atomic E-state index is 12.9. The van der Waals surface area contributed by atoms with Crippen LogP contribution < -0.4 is 4.74 Å². The minimum Gasteiger partial charge on any atom is -0.487 e. The van der Waals surface area contributed by atoms with Gasteiger partial charge in [-0.2, -0.15) is 0 Å². The second-order valence-corrected chi connectivity index (χ2v) is 9.11. The van der Waals surface area contributed by atoms with Gasteiger partial charge < -0.3 is 9.64 Å². The Kier molecular flexibility index (Phi) is 5.47. The fourth-order valence-electron chi connectivity index (χ4n) is 5.38. The van der Waals surface area contributed by atoms with Gasteiger partial charge in [0.15, 0.2) is 0 Å². The molecule has 5 nitrogen and oxygen atoms in total. The largest absolute Gasteiger partial charge is 0.487 e. The van der Waals surface area contributed by atoms with Crippen molar-refractivity contribution in [2.45, 2.75) is 56.6 Å². The summed E-state index contributed by atoms with van der Waals surface area (Å²) >= 11 is 0.